The summed E-state index contributed by atoms with van der Waals surface area (Å²) in [5, 5.41) is 47.0. The van der Waals surface area contributed by atoms with Gasteiger partial charge < -0.3 is 51.7 Å². The van der Waals surface area contributed by atoms with Crippen molar-refractivity contribution in [3.63, 3.8) is 0 Å². The van der Waals surface area contributed by atoms with Crippen LogP contribution in [0, 0.1) is 5.92 Å². The van der Waals surface area contributed by atoms with Crippen LogP contribution in [0.4, 0.5) is 10.5 Å². The standard InChI is InChI=1S/C54H81N9O11S/c1-4-60-28-29-61(5-2)38-46(62(39-50(67)68)31-33-63(32-30-60)74-73-3)36-40-20-23-45(24-21-40)58-54(75)57-26-11-6-7-16-47(64)37-44(35-41-19-22-42-14-8-9-15-43(42)34-41)51(69)55-25-12-10-17-48(52(70)71)59-53(72)56-27-13-18-49(65)66/h8-9,14-15,19-24,34,44,46,48H,4-7,10-13,16-18,25-33,35-39H2,1-3H3,(H,55,69)(H,65,66)(H,67,68)(H,70,71)(H2,56,59,72)(H2,57,58,75)/t44-,46?,48+/m1/s1. The number of rotatable bonds is 31. The first-order chi connectivity index (χ1) is 36.1. The molecular formula is C54H81N9O11S. The molecule has 0 bridgehead atoms. The third kappa shape index (κ3) is 24.6. The lowest BCUT2D eigenvalue weighted by molar-refractivity contribution is -0.413. The number of hydrogen-bond acceptors (Lipinski definition) is 13. The van der Waals surface area contributed by atoms with Crippen LogP contribution in [0.2, 0.25) is 0 Å². The van der Waals surface area contributed by atoms with E-state index in [1.54, 1.807) is 5.06 Å². The van der Waals surface area contributed by atoms with Crippen molar-refractivity contribution >= 4 is 69.4 Å². The maximum absolute atomic E-state index is 13.6. The van der Waals surface area contributed by atoms with Gasteiger partial charge in [-0.2, -0.15) is 5.06 Å². The van der Waals surface area contributed by atoms with Gasteiger partial charge in [0.05, 0.1) is 13.7 Å². The van der Waals surface area contributed by atoms with Gasteiger partial charge in [0.2, 0.25) is 5.91 Å². The molecule has 1 saturated heterocycles. The summed E-state index contributed by atoms with van der Waals surface area (Å²) >= 11 is 5.61. The van der Waals surface area contributed by atoms with E-state index in [0.717, 1.165) is 73.2 Å². The zero-order valence-electron chi connectivity index (χ0n) is 44.1. The van der Waals surface area contributed by atoms with Crippen molar-refractivity contribution in [3.05, 3.63) is 77.9 Å². The number of thiocarbonyl (C=S) groups is 1. The van der Waals surface area contributed by atoms with Crippen LogP contribution in [-0.4, -0.2) is 180 Å². The summed E-state index contributed by atoms with van der Waals surface area (Å²) in [5.41, 5.74) is 2.84. The van der Waals surface area contributed by atoms with Crippen molar-refractivity contribution < 1.29 is 54.0 Å². The second-order valence-electron chi connectivity index (χ2n) is 19.0. The normalized spacial score (nSPS) is 16.2. The molecule has 4 rings (SSSR count). The second kappa shape index (κ2) is 34.7. The van der Waals surface area contributed by atoms with E-state index in [4.69, 9.17) is 27.2 Å². The molecule has 3 aromatic carbocycles. The number of unbranched alkanes of at least 4 members (excludes halogenated alkanes) is 3. The molecule has 20 nitrogen and oxygen atoms in total. The van der Waals surface area contributed by atoms with E-state index >= 15 is 0 Å². The number of carbonyl (C=O) groups excluding carboxylic acids is 3. The van der Waals surface area contributed by atoms with Gasteiger partial charge in [0.15, 0.2) is 5.11 Å². The number of amides is 3. The summed E-state index contributed by atoms with van der Waals surface area (Å²) in [5.74, 6) is -3.93. The second-order valence-corrected chi connectivity index (χ2v) is 19.4. The number of ketones is 1. The average molecular weight is 1060 g/mol. The van der Waals surface area contributed by atoms with Crippen molar-refractivity contribution in [2.24, 2.45) is 5.92 Å². The van der Waals surface area contributed by atoms with Crippen LogP contribution in [0.5, 0.6) is 0 Å². The van der Waals surface area contributed by atoms with Crippen molar-refractivity contribution in [1.29, 1.82) is 0 Å². The van der Waals surface area contributed by atoms with Crippen LogP contribution < -0.4 is 26.6 Å². The predicted octanol–water partition coefficient (Wildman–Crippen LogP) is 5.16. The number of carboxylic acid groups (broad SMARTS) is 3. The van der Waals surface area contributed by atoms with E-state index in [9.17, 15) is 39.0 Å². The van der Waals surface area contributed by atoms with E-state index in [0.29, 0.717) is 76.4 Å². The van der Waals surface area contributed by atoms with E-state index in [1.165, 1.54) is 7.11 Å². The predicted molar refractivity (Wildman–Crippen MR) is 292 cm³/mol. The molecule has 1 unspecified atom stereocenters. The Labute approximate surface area is 447 Å². The minimum absolute atomic E-state index is 0.00332. The summed E-state index contributed by atoms with van der Waals surface area (Å²) < 4.78 is 0. The van der Waals surface area contributed by atoms with Crippen LogP contribution >= 0.6 is 12.2 Å². The number of carboxylic acids is 3. The van der Waals surface area contributed by atoms with Crippen molar-refractivity contribution in [1.82, 2.24) is 41.0 Å². The van der Waals surface area contributed by atoms with Crippen molar-refractivity contribution in [2.45, 2.75) is 103 Å². The van der Waals surface area contributed by atoms with E-state index in [-0.39, 0.29) is 63.0 Å². The number of nitrogens with one attached hydrogen (secondary N) is 5. The Balaban J connectivity index is 1.23. The highest BCUT2D eigenvalue weighted by molar-refractivity contribution is 7.80. The van der Waals surface area contributed by atoms with Crippen molar-refractivity contribution in [3.8, 4) is 0 Å². The van der Waals surface area contributed by atoms with Crippen LogP contribution in [0.25, 0.3) is 10.8 Å². The lowest BCUT2D eigenvalue weighted by atomic mass is 9.91. The summed E-state index contributed by atoms with van der Waals surface area (Å²) in [4.78, 5) is 91.0. The molecule has 75 heavy (non-hydrogen) atoms. The highest BCUT2D eigenvalue weighted by atomic mass is 32.1. The molecule has 1 aliphatic heterocycles. The Morgan fingerprint density at radius 2 is 1.37 bits per heavy atom. The molecule has 1 heterocycles. The Morgan fingerprint density at radius 1 is 0.707 bits per heavy atom. The number of fused-ring (bicyclic) bond motifs is 1. The Bertz CT molecular complexity index is 2260. The molecule has 8 N–H and O–H groups in total. The molecular weight excluding hydrogens is 983 g/mol. The highest BCUT2D eigenvalue weighted by Crippen LogP contribution is 2.22. The van der Waals surface area contributed by atoms with Gasteiger partial charge in [0.25, 0.3) is 0 Å². The summed E-state index contributed by atoms with van der Waals surface area (Å²) in [7, 11) is 1.47. The SMILES string of the molecule is CCN1CCN(CC)CC(Cc2ccc(NC(=S)NCCCCCC(=O)C[C@@H](Cc3ccc4ccccc4c3)C(=O)NCCCC[C@H](NC(=O)NCCCC(=O)O)C(=O)O)cc2)N(CC(=O)O)CCN(OOC)CC1. The Hall–Kier alpha value is -5.81. The van der Waals surface area contributed by atoms with E-state index in [2.05, 4.69) is 50.2 Å². The number of likely N-dealkylation sites (N-methyl/N-ethyl adjacent to an activating group) is 2. The Kier molecular flexibility index (Phi) is 28.6. The smallest absolute Gasteiger partial charge is 0.326 e. The molecule has 3 aromatic rings. The lowest BCUT2D eigenvalue weighted by Crippen LogP contribution is -2.52. The lowest BCUT2D eigenvalue weighted by Gasteiger charge is -2.37. The number of benzene rings is 3. The number of Topliss-reactive ketones (excluding diaryl/α,β-unsaturated/α-hetero) is 1. The minimum atomic E-state index is -1.20. The molecule has 3 atom stereocenters. The van der Waals surface area contributed by atoms with Gasteiger partial charge in [-0.25, -0.2) is 14.5 Å². The Morgan fingerprint density at radius 3 is 2.08 bits per heavy atom. The van der Waals surface area contributed by atoms with E-state index < -0.39 is 35.9 Å². The first-order valence-corrected chi connectivity index (χ1v) is 26.8. The van der Waals surface area contributed by atoms with Gasteiger partial charge in [-0.3, -0.25) is 24.1 Å². The maximum Gasteiger partial charge on any atom is 0.326 e. The average Bonchev–Trinajstić information content (AvgIpc) is 3.38. The summed E-state index contributed by atoms with van der Waals surface area (Å²) in [6, 6.07) is 20.1. The van der Waals surface area contributed by atoms with Gasteiger partial charge in [0, 0.05) is 102 Å². The molecule has 0 spiro atoms. The molecule has 21 heteroatoms. The van der Waals surface area contributed by atoms with Gasteiger partial charge in [-0.1, -0.05) is 74.9 Å². The zero-order chi connectivity index (χ0) is 54.4. The number of hydrogen-bond donors (Lipinski definition) is 8. The zero-order valence-corrected chi connectivity index (χ0v) is 44.9. The largest absolute Gasteiger partial charge is 0.481 e. The topological polar surface area (TPSA) is 255 Å². The molecule has 0 aromatic heterocycles. The number of urea groups is 1. The van der Waals surface area contributed by atoms with Gasteiger partial charge in [0.1, 0.15) is 11.8 Å². The minimum Gasteiger partial charge on any atom is -0.481 e. The number of hydroxylamine groups is 2. The number of anilines is 1. The number of nitrogens with zero attached hydrogens (tertiary/aromatic N) is 4. The molecule has 414 valence electrons. The van der Waals surface area contributed by atoms with E-state index in [1.807, 2.05) is 71.6 Å². The fourth-order valence-electron chi connectivity index (χ4n) is 9.07. The third-order valence-electron chi connectivity index (χ3n) is 13.3. The van der Waals surface area contributed by atoms with Crippen LogP contribution in [0.3, 0.4) is 0 Å². The molecule has 0 saturated carbocycles. The van der Waals surface area contributed by atoms with Gasteiger partial charge in [-0.05, 0) is 111 Å². The number of carbonyl (C=O) groups is 6. The third-order valence-corrected chi connectivity index (χ3v) is 13.6. The molecule has 0 radical (unpaired) electrons. The fourth-order valence-corrected chi connectivity index (χ4v) is 9.29. The van der Waals surface area contributed by atoms with Crippen LogP contribution in [0.1, 0.15) is 89.2 Å². The summed E-state index contributed by atoms with van der Waals surface area (Å²) in [6.45, 7) is 11.8. The highest BCUT2D eigenvalue weighted by Gasteiger charge is 2.27. The molecule has 3 amide bonds. The van der Waals surface area contributed by atoms with Crippen molar-refractivity contribution in [2.75, 3.05) is 97.5 Å². The number of aliphatic carboxylic acids is 3. The molecule has 1 aliphatic rings. The van der Waals surface area contributed by atoms with Crippen LogP contribution in [0.15, 0.2) is 66.7 Å². The first-order valence-electron chi connectivity index (χ1n) is 26.4. The quantitative estimate of drug-likeness (QED) is 0.0179. The van der Waals surface area contributed by atoms with Gasteiger partial charge >= 0.3 is 23.9 Å². The molecule has 0 aliphatic carbocycles. The maximum atomic E-state index is 13.6. The molecule has 1 fully saturated rings. The first kappa shape index (κ1) is 61.7. The summed E-state index contributed by atoms with van der Waals surface area (Å²) in [6.07, 6.45) is 4.72. The van der Waals surface area contributed by atoms with Gasteiger partial charge in [-0.15, -0.1) is 4.99 Å². The monoisotopic (exact) mass is 1060 g/mol. The fraction of sp³-hybridized carbons (Fsp3) is 0.574. The van der Waals surface area contributed by atoms with Crippen LogP contribution in [-0.2, 0) is 46.7 Å².